The van der Waals surface area contributed by atoms with Gasteiger partial charge in [-0.3, -0.25) is 0 Å². The van der Waals surface area contributed by atoms with Crippen LogP contribution < -0.4 is 0 Å². The van der Waals surface area contributed by atoms with Crippen LogP contribution in [-0.4, -0.2) is 38.5 Å². The fourth-order valence-electron chi connectivity index (χ4n) is 1.93. The minimum Gasteiger partial charge on any atom is -0.378 e. The summed E-state index contributed by atoms with van der Waals surface area (Å²) in [7, 11) is -3.41. The molecule has 1 aliphatic heterocycles. The molecule has 1 unspecified atom stereocenters. The predicted octanol–water partition coefficient (Wildman–Crippen LogP) is 2.20. The molecule has 7 heteroatoms. The highest BCUT2D eigenvalue weighted by Gasteiger charge is 2.32. The van der Waals surface area contributed by atoms with Gasteiger partial charge in [-0.25, -0.2) is 8.42 Å². The zero-order valence-corrected chi connectivity index (χ0v) is 12.7. The van der Waals surface area contributed by atoms with Crippen molar-refractivity contribution in [1.82, 2.24) is 4.31 Å². The molecule has 1 fully saturated rings. The Morgan fingerprint density at radius 1 is 1.61 bits per heavy atom. The molecule has 2 heterocycles. The Balaban J connectivity index is 2.34. The predicted molar refractivity (Wildman–Crippen MR) is 72.8 cm³/mol. The quantitative estimate of drug-likeness (QED) is 0.804. The van der Waals surface area contributed by atoms with Gasteiger partial charge in [-0.05, 0) is 25.5 Å². The summed E-state index contributed by atoms with van der Waals surface area (Å²) in [4.78, 5) is 0.913. The van der Waals surface area contributed by atoms with Crippen molar-refractivity contribution in [2.45, 2.75) is 30.0 Å². The summed E-state index contributed by atoms with van der Waals surface area (Å²) >= 11 is 7.05. The molecule has 1 aromatic rings. The fourth-order valence-corrected chi connectivity index (χ4v) is 5.48. The second-order valence-corrected chi connectivity index (χ2v) is 7.87. The first kappa shape index (κ1) is 14.3. The average Bonchev–Trinajstić information content (AvgIpc) is 2.71. The van der Waals surface area contributed by atoms with E-state index in [0.29, 0.717) is 29.8 Å². The van der Waals surface area contributed by atoms with E-state index in [1.807, 2.05) is 13.8 Å². The Kier molecular flexibility index (Phi) is 4.33. The van der Waals surface area contributed by atoms with Crippen molar-refractivity contribution in [3.63, 3.8) is 0 Å². The van der Waals surface area contributed by atoms with Gasteiger partial charge in [0.25, 0.3) is 10.0 Å². The van der Waals surface area contributed by atoms with Gasteiger partial charge in [0.2, 0.25) is 0 Å². The molecular formula is C11H16ClNO3S2. The molecule has 0 N–H and O–H groups in total. The summed E-state index contributed by atoms with van der Waals surface area (Å²) in [6.45, 7) is 5.06. The molecule has 0 amide bonds. The van der Waals surface area contributed by atoms with Crippen LogP contribution in [0.5, 0.6) is 0 Å². The molecule has 0 bridgehead atoms. The van der Waals surface area contributed by atoms with Crippen molar-refractivity contribution >= 4 is 33.0 Å². The Morgan fingerprint density at radius 2 is 2.33 bits per heavy atom. The van der Waals surface area contributed by atoms with Gasteiger partial charge in [0, 0.05) is 17.5 Å². The van der Waals surface area contributed by atoms with Crippen LogP contribution in [0.25, 0.3) is 0 Å². The van der Waals surface area contributed by atoms with Crippen molar-refractivity contribution < 1.29 is 13.2 Å². The molecule has 1 saturated heterocycles. The van der Waals surface area contributed by atoms with Crippen LogP contribution in [0.2, 0.25) is 0 Å². The van der Waals surface area contributed by atoms with Crippen molar-refractivity contribution in [1.29, 1.82) is 0 Å². The van der Waals surface area contributed by atoms with Crippen LogP contribution >= 0.6 is 22.9 Å². The lowest BCUT2D eigenvalue weighted by atomic mass is 10.3. The zero-order chi connectivity index (χ0) is 13.3. The number of morpholine rings is 1. The number of halogens is 1. The molecule has 0 radical (unpaired) electrons. The van der Waals surface area contributed by atoms with E-state index >= 15 is 0 Å². The molecule has 18 heavy (non-hydrogen) atoms. The second kappa shape index (κ2) is 5.46. The van der Waals surface area contributed by atoms with E-state index in [0.717, 1.165) is 10.4 Å². The van der Waals surface area contributed by atoms with Crippen molar-refractivity contribution in [2.24, 2.45) is 0 Å². The van der Waals surface area contributed by atoms with Gasteiger partial charge >= 0.3 is 0 Å². The lowest BCUT2D eigenvalue weighted by Gasteiger charge is -2.31. The minimum absolute atomic E-state index is 0.120. The van der Waals surface area contributed by atoms with E-state index < -0.39 is 10.0 Å². The minimum atomic E-state index is -3.41. The van der Waals surface area contributed by atoms with Crippen LogP contribution in [0.4, 0.5) is 0 Å². The first-order valence-electron chi connectivity index (χ1n) is 5.71. The molecule has 1 aromatic heterocycles. The maximum Gasteiger partial charge on any atom is 0.252 e. The molecular weight excluding hydrogens is 294 g/mol. The maximum absolute atomic E-state index is 12.5. The number of alkyl halides is 1. The Morgan fingerprint density at radius 3 is 2.89 bits per heavy atom. The monoisotopic (exact) mass is 309 g/mol. The first-order chi connectivity index (χ1) is 8.46. The highest BCUT2D eigenvalue weighted by molar-refractivity contribution is 7.91. The number of ether oxygens (including phenoxy) is 1. The highest BCUT2D eigenvalue weighted by Crippen LogP contribution is 2.30. The molecule has 4 nitrogen and oxygen atoms in total. The van der Waals surface area contributed by atoms with Crippen LogP contribution in [0.1, 0.15) is 17.4 Å². The van der Waals surface area contributed by atoms with Crippen LogP contribution in [0, 0.1) is 6.92 Å². The Labute approximate surface area is 117 Å². The van der Waals surface area contributed by atoms with E-state index in [2.05, 4.69) is 0 Å². The van der Waals surface area contributed by atoms with Crippen molar-refractivity contribution in [2.75, 3.05) is 19.8 Å². The van der Waals surface area contributed by atoms with E-state index in [-0.39, 0.29) is 6.04 Å². The molecule has 0 aromatic carbocycles. The van der Waals surface area contributed by atoms with E-state index in [9.17, 15) is 8.42 Å². The van der Waals surface area contributed by atoms with Gasteiger partial charge in [-0.1, -0.05) is 0 Å². The summed E-state index contributed by atoms with van der Waals surface area (Å²) in [5, 5.41) is 0. The topological polar surface area (TPSA) is 46.6 Å². The normalized spacial score (nSPS) is 22.3. The van der Waals surface area contributed by atoms with Crippen molar-refractivity contribution in [3.05, 3.63) is 16.5 Å². The van der Waals surface area contributed by atoms with Gasteiger partial charge in [0.15, 0.2) is 0 Å². The summed E-state index contributed by atoms with van der Waals surface area (Å²) in [5.74, 6) is 0.352. The lowest BCUT2D eigenvalue weighted by molar-refractivity contribution is 0.0393. The lowest BCUT2D eigenvalue weighted by Crippen LogP contribution is -2.46. The van der Waals surface area contributed by atoms with E-state index in [4.69, 9.17) is 16.3 Å². The number of thiophene rings is 1. The molecule has 1 atom stereocenters. The number of hydrogen-bond donors (Lipinski definition) is 0. The van der Waals surface area contributed by atoms with Crippen LogP contribution in [0.15, 0.2) is 10.3 Å². The number of aryl methyl sites for hydroxylation is 1. The molecule has 0 spiro atoms. The molecule has 2 rings (SSSR count). The molecule has 1 aliphatic rings. The highest BCUT2D eigenvalue weighted by atomic mass is 35.5. The fraction of sp³-hybridized carbons (Fsp3) is 0.636. The molecule has 0 saturated carbocycles. The summed E-state index contributed by atoms with van der Waals surface area (Å²) in [6, 6.07) is 1.59. The molecule has 0 aliphatic carbocycles. The third kappa shape index (κ3) is 2.58. The maximum atomic E-state index is 12.5. The Hall–Kier alpha value is -0.140. The second-order valence-electron chi connectivity index (χ2n) is 4.34. The number of sulfonamides is 1. The SMILES string of the molecule is Cc1cc(S(=O)(=O)N2CCOCC2C)sc1CCl. The van der Waals surface area contributed by atoms with Gasteiger partial charge in [0.05, 0.1) is 19.1 Å². The molecule has 102 valence electrons. The third-order valence-corrected chi connectivity index (χ3v) is 7.11. The van der Waals surface area contributed by atoms with Crippen molar-refractivity contribution in [3.8, 4) is 0 Å². The van der Waals surface area contributed by atoms with Gasteiger partial charge in [0.1, 0.15) is 4.21 Å². The number of hydrogen-bond acceptors (Lipinski definition) is 4. The standard InChI is InChI=1S/C11H16ClNO3S2/c1-8-5-11(17-10(8)6-12)18(14,15)13-3-4-16-7-9(13)2/h5,9H,3-4,6-7H2,1-2H3. The van der Waals surface area contributed by atoms with Gasteiger partial charge in [-0.2, -0.15) is 4.31 Å². The summed E-state index contributed by atoms with van der Waals surface area (Å²) in [6.07, 6.45) is 0. The third-order valence-electron chi connectivity index (χ3n) is 2.99. The largest absolute Gasteiger partial charge is 0.378 e. The van der Waals surface area contributed by atoms with Crippen LogP contribution in [0.3, 0.4) is 0 Å². The smallest absolute Gasteiger partial charge is 0.252 e. The summed E-state index contributed by atoms with van der Waals surface area (Å²) in [5.41, 5.74) is 0.939. The summed E-state index contributed by atoms with van der Waals surface area (Å²) < 4.78 is 32.2. The van der Waals surface area contributed by atoms with E-state index in [1.165, 1.54) is 15.6 Å². The first-order valence-corrected chi connectivity index (χ1v) is 8.50. The zero-order valence-electron chi connectivity index (χ0n) is 10.3. The number of rotatable bonds is 3. The van der Waals surface area contributed by atoms with Gasteiger partial charge in [-0.15, -0.1) is 22.9 Å². The Bertz CT molecular complexity index is 526. The van der Waals surface area contributed by atoms with Gasteiger partial charge < -0.3 is 4.74 Å². The van der Waals surface area contributed by atoms with Crippen LogP contribution in [-0.2, 0) is 20.6 Å². The average molecular weight is 310 g/mol. The number of nitrogens with zero attached hydrogens (tertiary/aromatic N) is 1. The van der Waals surface area contributed by atoms with E-state index in [1.54, 1.807) is 6.07 Å².